The van der Waals surface area contributed by atoms with Crippen LogP contribution in [-0.4, -0.2) is 12.9 Å². The molecule has 19 heavy (non-hydrogen) atoms. The van der Waals surface area contributed by atoms with E-state index >= 15 is 0 Å². The van der Waals surface area contributed by atoms with Crippen molar-refractivity contribution in [3.8, 4) is 5.75 Å². The van der Waals surface area contributed by atoms with E-state index in [4.69, 9.17) is 4.74 Å². The van der Waals surface area contributed by atoms with Crippen molar-refractivity contribution in [2.45, 2.75) is 46.0 Å². The lowest BCUT2D eigenvalue weighted by atomic mass is 9.71. The minimum absolute atomic E-state index is 0.0357. The number of hydrogen-bond acceptors (Lipinski definition) is 2. The van der Waals surface area contributed by atoms with Gasteiger partial charge in [-0.1, -0.05) is 38.1 Å². The molecule has 0 fully saturated rings. The third kappa shape index (κ3) is 3.06. The maximum Gasteiger partial charge on any atom is 0.157 e. The summed E-state index contributed by atoms with van der Waals surface area (Å²) < 4.78 is 5.39. The molecule has 0 radical (unpaired) electrons. The molecule has 2 nitrogen and oxygen atoms in total. The lowest BCUT2D eigenvalue weighted by Crippen LogP contribution is -2.25. The lowest BCUT2D eigenvalue weighted by molar-refractivity contribution is -0.109. The van der Waals surface area contributed by atoms with E-state index in [1.165, 1.54) is 11.1 Å². The molecule has 2 heteroatoms. The zero-order valence-electron chi connectivity index (χ0n) is 12.5. The Morgan fingerprint density at radius 2 is 2.00 bits per heavy atom. The van der Waals surface area contributed by atoms with Gasteiger partial charge < -0.3 is 4.74 Å². The third-order valence-electron chi connectivity index (χ3n) is 4.06. The van der Waals surface area contributed by atoms with Gasteiger partial charge in [-0.25, -0.2) is 0 Å². The van der Waals surface area contributed by atoms with Crippen molar-refractivity contribution >= 4 is 6.29 Å². The van der Waals surface area contributed by atoms with E-state index in [1.807, 2.05) is 13.0 Å². The summed E-state index contributed by atoms with van der Waals surface area (Å²) in [6, 6.07) is 6.20. The van der Waals surface area contributed by atoms with E-state index in [1.54, 1.807) is 0 Å². The minimum Gasteiger partial charge on any atom is -0.486 e. The summed E-state index contributed by atoms with van der Waals surface area (Å²) in [5.74, 6) is 0.777. The summed E-state index contributed by atoms with van der Waals surface area (Å²) in [4.78, 5) is 10.4. The molecule has 0 amide bonds. The second kappa shape index (κ2) is 6.55. The molecule has 0 heterocycles. The summed E-state index contributed by atoms with van der Waals surface area (Å²) in [5.41, 5.74) is 3.57. The smallest absolute Gasteiger partial charge is 0.157 e. The standard InChI is InChI=1S/C17H24O2/c1-6-17(7-2,13(3)4)15-8-9-16(14(5)12-15)19-11-10-18/h8-10,12H,3,6-7,11H2,1-2,4-5H3. The van der Waals surface area contributed by atoms with Gasteiger partial charge in [0.1, 0.15) is 12.4 Å². The molecule has 1 aromatic carbocycles. The van der Waals surface area contributed by atoms with Gasteiger partial charge in [0.25, 0.3) is 0 Å². The number of hydrogen-bond donors (Lipinski definition) is 0. The molecule has 0 unspecified atom stereocenters. The second-order valence-corrected chi connectivity index (χ2v) is 5.03. The average molecular weight is 260 g/mol. The predicted molar refractivity (Wildman–Crippen MR) is 79.8 cm³/mol. The fourth-order valence-electron chi connectivity index (χ4n) is 2.74. The maximum atomic E-state index is 10.4. The van der Waals surface area contributed by atoms with Crippen molar-refractivity contribution in [3.63, 3.8) is 0 Å². The highest BCUT2D eigenvalue weighted by molar-refractivity contribution is 5.52. The van der Waals surface area contributed by atoms with Crippen molar-refractivity contribution in [1.82, 2.24) is 0 Å². The molecule has 0 saturated carbocycles. The van der Waals surface area contributed by atoms with E-state index in [0.29, 0.717) is 0 Å². The number of ether oxygens (including phenoxy) is 1. The fourth-order valence-corrected chi connectivity index (χ4v) is 2.74. The van der Waals surface area contributed by atoms with E-state index in [0.717, 1.165) is 30.4 Å². The zero-order valence-corrected chi connectivity index (χ0v) is 12.5. The van der Waals surface area contributed by atoms with Crippen molar-refractivity contribution in [2.75, 3.05) is 6.61 Å². The van der Waals surface area contributed by atoms with Gasteiger partial charge in [-0.2, -0.15) is 0 Å². The number of carbonyl (C=O) groups excluding carboxylic acids is 1. The number of aldehydes is 1. The first-order valence-electron chi connectivity index (χ1n) is 6.85. The third-order valence-corrected chi connectivity index (χ3v) is 4.06. The first kappa shape index (κ1) is 15.5. The number of allylic oxidation sites excluding steroid dienone is 1. The molecule has 0 aliphatic carbocycles. The molecule has 0 aromatic heterocycles. The van der Waals surface area contributed by atoms with Gasteiger partial charge in [0.15, 0.2) is 6.29 Å². The minimum atomic E-state index is 0.0357. The first-order valence-corrected chi connectivity index (χ1v) is 6.85. The highest BCUT2D eigenvalue weighted by atomic mass is 16.5. The van der Waals surface area contributed by atoms with Crippen molar-refractivity contribution in [3.05, 3.63) is 41.5 Å². The van der Waals surface area contributed by atoms with Crippen LogP contribution >= 0.6 is 0 Å². The number of carbonyl (C=O) groups is 1. The number of aryl methyl sites for hydroxylation is 1. The molecule has 1 rings (SSSR count). The molecular formula is C17H24O2. The Morgan fingerprint density at radius 3 is 2.42 bits per heavy atom. The molecule has 0 aliphatic heterocycles. The monoisotopic (exact) mass is 260 g/mol. The van der Waals surface area contributed by atoms with Gasteiger partial charge in [0.2, 0.25) is 0 Å². The summed E-state index contributed by atoms with van der Waals surface area (Å²) in [5, 5.41) is 0. The van der Waals surface area contributed by atoms with Crippen LogP contribution < -0.4 is 4.74 Å². The molecule has 1 aromatic rings. The van der Waals surface area contributed by atoms with Crippen LogP contribution in [0.3, 0.4) is 0 Å². The SMILES string of the molecule is C=C(C)C(CC)(CC)c1ccc(OCC=O)c(C)c1. The molecular weight excluding hydrogens is 236 g/mol. The van der Waals surface area contributed by atoms with Crippen LogP contribution in [0.15, 0.2) is 30.4 Å². The molecule has 0 saturated heterocycles. The Bertz CT molecular complexity index is 456. The van der Waals surface area contributed by atoms with E-state index in [9.17, 15) is 4.79 Å². The van der Waals surface area contributed by atoms with Gasteiger partial charge in [0.05, 0.1) is 0 Å². The lowest BCUT2D eigenvalue weighted by Gasteiger charge is -2.33. The van der Waals surface area contributed by atoms with Crippen molar-refractivity contribution < 1.29 is 9.53 Å². The van der Waals surface area contributed by atoms with Gasteiger partial charge in [-0.15, -0.1) is 0 Å². The first-order chi connectivity index (χ1) is 9.01. The zero-order chi connectivity index (χ0) is 14.5. The normalized spacial score (nSPS) is 11.2. The van der Waals surface area contributed by atoms with Gasteiger partial charge >= 0.3 is 0 Å². The Hall–Kier alpha value is -1.57. The topological polar surface area (TPSA) is 26.3 Å². The molecule has 0 atom stereocenters. The van der Waals surface area contributed by atoms with Crippen LogP contribution in [0.1, 0.15) is 44.7 Å². The fraction of sp³-hybridized carbons (Fsp3) is 0.471. The van der Waals surface area contributed by atoms with E-state index in [-0.39, 0.29) is 12.0 Å². The predicted octanol–water partition coefficient (Wildman–Crippen LogP) is 4.21. The van der Waals surface area contributed by atoms with Crippen LogP contribution in [0.4, 0.5) is 0 Å². The Labute approximate surface area is 116 Å². The van der Waals surface area contributed by atoms with Crippen LogP contribution in [0.5, 0.6) is 5.75 Å². The summed E-state index contributed by atoms with van der Waals surface area (Å²) in [6.07, 6.45) is 2.84. The van der Waals surface area contributed by atoms with Gasteiger partial charge in [0, 0.05) is 5.41 Å². The van der Waals surface area contributed by atoms with Crippen LogP contribution in [0.25, 0.3) is 0 Å². The molecule has 104 valence electrons. The summed E-state index contributed by atoms with van der Waals surface area (Å²) in [7, 11) is 0. The largest absolute Gasteiger partial charge is 0.486 e. The van der Waals surface area contributed by atoms with Gasteiger partial charge in [-0.3, -0.25) is 4.79 Å². The number of rotatable bonds is 7. The maximum absolute atomic E-state index is 10.4. The highest BCUT2D eigenvalue weighted by Gasteiger charge is 2.29. The second-order valence-electron chi connectivity index (χ2n) is 5.03. The van der Waals surface area contributed by atoms with Gasteiger partial charge in [-0.05, 0) is 43.9 Å². The molecule has 0 bridgehead atoms. The highest BCUT2D eigenvalue weighted by Crippen LogP contribution is 2.39. The van der Waals surface area contributed by atoms with Crippen LogP contribution in [0.2, 0.25) is 0 Å². The summed E-state index contributed by atoms with van der Waals surface area (Å²) in [6.45, 7) is 12.8. The summed E-state index contributed by atoms with van der Waals surface area (Å²) >= 11 is 0. The number of benzene rings is 1. The molecule has 0 spiro atoms. The Morgan fingerprint density at radius 1 is 1.37 bits per heavy atom. The quantitative estimate of drug-likeness (QED) is 0.542. The van der Waals surface area contributed by atoms with E-state index < -0.39 is 0 Å². The van der Waals surface area contributed by atoms with Crippen LogP contribution in [-0.2, 0) is 10.2 Å². The van der Waals surface area contributed by atoms with Crippen LogP contribution in [0, 0.1) is 6.92 Å². The Kier molecular flexibility index (Phi) is 5.34. The average Bonchev–Trinajstić information content (AvgIpc) is 2.39. The van der Waals surface area contributed by atoms with E-state index in [2.05, 4.69) is 39.5 Å². The molecule has 0 N–H and O–H groups in total. The Balaban J connectivity index is 3.17. The molecule has 0 aliphatic rings. The van der Waals surface area contributed by atoms with Crippen molar-refractivity contribution in [2.24, 2.45) is 0 Å². The van der Waals surface area contributed by atoms with Crippen molar-refractivity contribution in [1.29, 1.82) is 0 Å².